The van der Waals surface area contributed by atoms with Crippen molar-refractivity contribution in [2.75, 3.05) is 19.8 Å². The molecule has 0 spiro atoms. The molecule has 2 N–H and O–H groups in total. The van der Waals surface area contributed by atoms with Gasteiger partial charge in [0.15, 0.2) is 6.29 Å². The minimum Gasteiger partial charge on any atom is -0.465 e. The van der Waals surface area contributed by atoms with Gasteiger partial charge in [0.2, 0.25) is 0 Å². The van der Waals surface area contributed by atoms with Crippen LogP contribution < -0.4 is 5.73 Å². The van der Waals surface area contributed by atoms with Gasteiger partial charge in [-0.1, -0.05) is 30.3 Å². The number of ether oxygens (including phenoxy) is 3. The summed E-state index contributed by atoms with van der Waals surface area (Å²) in [7, 11) is 0. The van der Waals surface area contributed by atoms with Crippen LogP contribution >= 0.6 is 0 Å². The molecular formula is C15H21NO4. The molecule has 1 atom stereocenters. The second kappa shape index (κ2) is 7.99. The lowest BCUT2D eigenvalue weighted by molar-refractivity contribution is -0.145. The second-order valence-corrected chi connectivity index (χ2v) is 4.78. The van der Waals surface area contributed by atoms with E-state index in [0.717, 1.165) is 12.0 Å². The number of esters is 1. The Labute approximate surface area is 119 Å². The summed E-state index contributed by atoms with van der Waals surface area (Å²) in [6.45, 7) is 1.64. The molecule has 0 unspecified atom stereocenters. The average molecular weight is 279 g/mol. The molecule has 1 saturated heterocycles. The van der Waals surface area contributed by atoms with E-state index in [-0.39, 0.29) is 12.3 Å². The number of nitrogens with two attached hydrogens (primary N) is 1. The zero-order valence-electron chi connectivity index (χ0n) is 11.5. The maximum Gasteiger partial charge on any atom is 0.323 e. The predicted molar refractivity (Wildman–Crippen MR) is 74.0 cm³/mol. The summed E-state index contributed by atoms with van der Waals surface area (Å²) in [5.41, 5.74) is 6.86. The molecule has 0 saturated carbocycles. The highest BCUT2D eigenvalue weighted by atomic mass is 16.7. The third kappa shape index (κ3) is 4.92. The molecule has 0 aliphatic carbocycles. The highest BCUT2D eigenvalue weighted by Gasteiger charge is 2.17. The number of hydrogen-bond donors (Lipinski definition) is 1. The fourth-order valence-corrected chi connectivity index (χ4v) is 2.06. The van der Waals surface area contributed by atoms with Gasteiger partial charge < -0.3 is 19.9 Å². The maximum absolute atomic E-state index is 11.7. The Bertz CT molecular complexity index is 404. The molecule has 0 aromatic heterocycles. The molecule has 5 nitrogen and oxygen atoms in total. The zero-order valence-corrected chi connectivity index (χ0v) is 11.5. The Morgan fingerprint density at radius 2 is 2.00 bits per heavy atom. The van der Waals surface area contributed by atoms with Gasteiger partial charge in [0, 0.05) is 6.42 Å². The van der Waals surface area contributed by atoms with Crippen LogP contribution in [0.5, 0.6) is 0 Å². The van der Waals surface area contributed by atoms with Crippen molar-refractivity contribution in [3.63, 3.8) is 0 Å². The number of carbonyl (C=O) groups is 1. The summed E-state index contributed by atoms with van der Waals surface area (Å²) < 4.78 is 15.8. The van der Waals surface area contributed by atoms with Gasteiger partial charge in [0.05, 0.1) is 19.8 Å². The molecule has 20 heavy (non-hydrogen) atoms. The molecule has 110 valence electrons. The lowest BCUT2D eigenvalue weighted by Crippen LogP contribution is -2.34. The molecular weight excluding hydrogens is 258 g/mol. The monoisotopic (exact) mass is 279 g/mol. The van der Waals surface area contributed by atoms with Crippen molar-refractivity contribution in [3.8, 4) is 0 Å². The summed E-state index contributed by atoms with van der Waals surface area (Å²) in [4.78, 5) is 11.7. The number of hydrogen-bond acceptors (Lipinski definition) is 5. The summed E-state index contributed by atoms with van der Waals surface area (Å²) in [6, 6.07) is 9.06. The molecule has 5 heteroatoms. The normalized spacial score (nSPS) is 17.1. The first-order valence-electron chi connectivity index (χ1n) is 6.95. The van der Waals surface area contributed by atoms with Crippen LogP contribution in [0.1, 0.15) is 18.4 Å². The van der Waals surface area contributed by atoms with Gasteiger partial charge in [-0.05, 0) is 18.4 Å². The van der Waals surface area contributed by atoms with Crippen LogP contribution in [-0.4, -0.2) is 38.1 Å². The molecule has 0 amide bonds. The molecule has 1 aromatic carbocycles. The summed E-state index contributed by atoms with van der Waals surface area (Å²) >= 11 is 0. The van der Waals surface area contributed by atoms with E-state index in [9.17, 15) is 4.79 Å². The molecule has 2 rings (SSSR count). The van der Waals surface area contributed by atoms with Crippen molar-refractivity contribution in [3.05, 3.63) is 35.9 Å². The molecule has 1 fully saturated rings. The molecule has 0 bridgehead atoms. The van der Waals surface area contributed by atoms with E-state index < -0.39 is 6.04 Å². The minimum atomic E-state index is -0.614. The molecule has 1 aliphatic heterocycles. The van der Waals surface area contributed by atoms with Crippen LogP contribution in [0, 0.1) is 0 Å². The van der Waals surface area contributed by atoms with Crippen LogP contribution in [0.3, 0.4) is 0 Å². The Morgan fingerprint density at radius 3 is 2.70 bits per heavy atom. The maximum atomic E-state index is 11.7. The van der Waals surface area contributed by atoms with E-state index in [2.05, 4.69) is 0 Å². The fraction of sp³-hybridized carbons (Fsp3) is 0.533. The number of benzene rings is 1. The molecule has 1 aromatic rings. The number of carbonyl (C=O) groups excluding carboxylic acids is 1. The lowest BCUT2D eigenvalue weighted by Gasteiger charge is -2.12. The largest absolute Gasteiger partial charge is 0.465 e. The van der Waals surface area contributed by atoms with Gasteiger partial charge in [-0.3, -0.25) is 4.79 Å². The van der Waals surface area contributed by atoms with Gasteiger partial charge in [0.25, 0.3) is 0 Å². The third-order valence-corrected chi connectivity index (χ3v) is 3.12. The van der Waals surface area contributed by atoms with Crippen LogP contribution in [0.15, 0.2) is 30.3 Å². The summed E-state index contributed by atoms with van der Waals surface area (Å²) in [6.07, 6.45) is 1.80. The van der Waals surface area contributed by atoms with Gasteiger partial charge >= 0.3 is 5.97 Å². The van der Waals surface area contributed by atoms with Gasteiger partial charge in [-0.15, -0.1) is 0 Å². The van der Waals surface area contributed by atoms with Crippen molar-refractivity contribution in [2.24, 2.45) is 5.73 Å². The van der Waals surface area contributed by atoms with Crippen molar-refractivity contribution in [2.45, 2.75) is 31.6 Å². The molecule has 1 heterocycles. The Kier molecular flexibility index (Phi) is 5.98. The summed E-state index contributed by atoms with van der Waals surface area (Å²) in [5.74, 6) is -0.359. The highest BCUT2D eigenvalue weighted by molar-refractivity contribution is 5.75. The van der Waals surface area contributed by atoms with Crippen LogP contribution in [-0.2, 0) is 25.4 Å². The Hall–Kier alpha value is -1.43. The molecule has 0 radical (unpaired) electrons. The first-order chi connectivity index (χ1) is 9.75. The smallest absolute Gasteiger partial charge is 0.323 e. The molecule has 1 aliphatic rings. The predicted octanol–water partition coefficient (Wildman–Crippen LogP) is 1.25. The quantitative estimate of drug-likeness (QED) is 0.601. The first kappa shape index (κ1) is 15.0. The number of rotatable bonds is 7. The van der Waals surface area contributed by atoms with E-state index in [1.165, 1.54) is 0 Å². The van der Waals surface area contributed by atoms with Crippen molar-refractivity contribution < 1.29 is 19.0 Å². The third-order valence-electron chi connectivity index (χ3n) is 3.12. The van der Waals surface area contributed by atoms with E-state index in [1.54, 1.807) is 0 Å². The minimum absolute atomic E-state index is 0.147. The van der Waals surface area contributed by atoms with E-state index in [0.29, 0.717) is 32.7 Å². The van der Waals surface area contributed by atoms with Gasteiger partial charge in [-0.25, -0.2) is 0 Å². The van der Waals surface area contributed by atoms with Crippen molar-refractivity contribution in [1.82, 2.24) is 0 Å². The van der Waals surface area contributed by atoms with E-state index in [1.807, 2.05) is 30.3 Å². The highest BCUT2D eigenvalue weighted by Crippen LogP contribution is 2.10. The second-order valence-electron chi connectivity index (χ2n) is 4.78. The van der Waals surface area contributed by atoms with Crippen molar-refractivity contribution in [1.29, 1.82) is 0 Å². The SMILES string of the molecule is N[C@@H](Cc1ccccc1)C(=O)OCCCC1OCCO1. The Morgan fingerprint density at radius 1 is 1.30 bits per heavy atom. The lowest BCUT2D eigenvalue weighted by atomic mass is 10.1. The van der Waals surface area contributed by atoms with Gasteiger partial charge in [0.1, 0.15) is 6.04 Å². The van der Waals surface area contributed by atoms with Crippen LogP contribution in [0.2, 0.25) is 0 Å². The van der Waals surface area contributed by atoms with Crippen LogP contribution in [0.25, 0.3) is 0 Å². The summed E-state index contributed by atoms with van der Waals surface area (Å²) in [5, 5.41) is 0. The zero-order chi connectivity index (χ0) is 14.2. The van der Waals surface area contributed by atoms with Crippen LogP contribution in [0.4, 0.5) is 0 Å². The van der Waals surface area contributed by atoms with E-state index in [4.69, 9.17) is 19.9 Å². The Balaban J connectivity index is 1.61. The standard InChI is InChI=1S/C15H21NO4/c16-13(11-12-5-2-1-3-6-12)15(17)20-8-4-7-14-18-9-10-19-14/h1-3,5-6,13-14H,4,7-11,16H2/t13-/m0/s1. The fourth-order valence-electron chi connectivity index (χ4n) is 2.06. The van der Waals surface area contributed by atoms with Gasteiger partial charge in [-0.2, -0.15) is 0 Å². The first-order valence-corrected chi connectivity index (χ1v) is 6.95. The topological polar surface area (TPSA) is 70.8 Å². The van der Waals surface area contributed by atoms with Crippen molar-refractivity contribution >= 4 is 5.97 Å². The van der Waals surface area contributed by atoms with E-state index >= 15 is 0 Å². The average Bonchev–Trinajstić information content (AvgIpc) is 2.97.